The zero-order valence-electron chi connectivity index (χ0n) is 60.2. The van der Waals surface area contributed by atoms with Gasteiger partial charge in [-0.2, -0.15) is 0 Å². The number of aliphatic hydroxyl groups excluding tert-OH is 1. The summed E-state index contributed by atoms with van der Waals surface area (Å²) in [6.45, 7) is 11.8. The monoisotopic (exact) mass is 1360 g/mol. The molecule has 0 aromatic carbocycles. The van der Waals surface area contributed by atoms with Gasteiger partial charge in [-0.05, 0) is 69.1 Å². The zero-order valence-corrected chi connectivity index (χ0v) is 62.0. The van der Waals surface area contributed by atoms with Crippen LogP contribution in [0, 0.1) is 17.8 Å². The van der Waals surface area contributed by atoms with E-state index in [-0.39, 0.29) is 25.7 Å². The molecular weight excluding hydrogens is 1220 g/mol. The Morgan fingerprint density at radius 3 is 0.957 bits per heavy atom. The van der Waals surface area contributed by atoms with E-state index < -0.39 is 97.5 Å². The lowest BCUT2D eigenvalue weighted by Crippen LogP contribution is -2.30. The average molecular weight is 1360 g/mol. The number of hydrogen-bond donors (Lipinski definition) is 3. The molecule has 3 N–H and O–H groups in total. The molecule has 7 atom stereocenters. The van der Waals surface area contributed by atoms with Crippen molar-refractivity contribution in [2.45, 2.75) is 369 Å². The molecule has 17 nitrogen and oxygen atoms in total. The Kier molecular flexibility index (Phi) is 62.5. The molecule has 0 aliphatic carbocycles. The van der Waals surface area contributed by atoms with Gasteiger partial charge < -0.3 is 33.8 Å². The maximum Gasteiger partial charge on any atom is 0.472 e. The van der Waals surface area contributed by atoms with Crippen molar-refractivity contribution in [3.8, 4) is 0 Å². The number of allylic oxidation sites excluding steroid dienone is 4. The summed E-state index contributed by atoms with van der Waals surface area (Å²) in [4.78, 5) is 72.7. The Morgan fingerprint density at radius 1 is 0.355 bits per heavy atom. The van der Waals surface area contributed by atoms with Crippen molar-refractivity contribution in [2.75, 3.05) is 39.6 Å². The molecule has 0 spiro atoms. The first-order valence-corrected chi connectivity index (χ1v) is 40.7. The minimum absolute atomic E-state index is 0.0838. The molecule has 0 saturated heterocycles. The zero-order chi connectivity index (χ0) is 68.7. The molecule has 0 radical (unpaired) electrons. The lowest BCUT2D eigenvalue weighted by Gasteiger charge is -2.21. The summed E-state index contributed by atoms with van der Waals surface area (Å²) < 4.78 is 68.4. The maximum atomic E-state index is 13.1. The van der Waals surface area contributed by atoms with Crippen molar-refractivity contribution < 1.29 is 80.2 Å². The van der Waals surface area contributed by atoms with E-state index >= 15 is 0 Å². The van der Waals surface area contributed by atoms with Crippen molar-refractivity contribution in [1.82, 2.24) is 0 Å². The van der Waals surface area contributed by atoms with Crippen LogP contribution in [0.2, 0.25) is 0 Å². The van der Waals surface area contributed by atoms with E-state index in [1.165, 1.54) is 141 Å². The molecule has 0 bridgehead atoms. The van der Waals surface area contributed by atoms with Crippen LogP contribution in [-0.4, -0.2) is 96.7 Å². The number of phosphoric acid groups is 2. The molecule has 0 aliphatic rings. The molecule has 0 fully saturated rings. The first kappa shape index (κ1) is 90.5. The summed E-state index contributed by atoms with van der Waals surface area (Å²) in [6, 6.07) is 0. The van der Waals surface area contributed by atoms with Gasteiger partial charge in [-0.25, -0.2) is 9.13 Å². The normalized spacial score (nSPS) is 14.9. The molecule has 0 amide bonds. The number of carbonyl (C=O) groups is 4. The first-order valence-electron chi connectivity index (χ1n) is 37.7. The van der Waals surface area contributed by atoms with Gasteiger partial charge in [0.1, 0.15) is 19.3 Å². The van der Waals surface area contributed by atoms with Crippen LogP contribution >= 0.6 is 15.6 Å². The van der Waals surface area contributed by atoms with E-state index in [1.54, 1.807) is 0 Å². The van der Waals surface area contributed by atoms with Gasteiger partial charge in [0.2, 0.25) is 0 Å². The van der Waals surface area contributed by atoms with E-state index in [9.17, 15) is 43.2 Å². The molecule has 0 heterocycles. The van der Waals surface area contributed by atoms with Crippen LogP contribution in [0.1, 0.15) is 350 Å². The van der Waals surface area contributed by atoms with Crippen molar-refractivity contribution >= 4 is 39.5 Å². The minimum Gasteiger partial charge on any atom is -0.462 e. The van der Waals surface area contributed by atoms with E-state index in [0.717, 1.165) is 127 Å². The fraction of sp³-hybridized carbons (Fsp3) is 0.892. The number of aliphatic hydroxyl groups is 1. The number of rotatable bonds is 70. The van der Waals surface area contributed by atoms with E-state index in [1.807, 2.05) is 0 Å². The Balaban J connectivity index is 5.30. The largest absolute Gasteiger partial charge is 0.472 e. The molecule has 93 heavy (non-hydrogen) atoms. The van der Waals surface area contributed by atoms with Gasteiger partial charge in [-0.15, -0.1) is 0 Å². The predicted octanol–water partition coefficient (Wildman–Crippen LogP) is 21.0. The highest BCUT2D eigenvalue weighted by Crippen LogP contribution is 2.45. The van der Waals surface area contributed by atoms with Crippen LogP contribution in [0.5, 0.6) is 0 Å². The number of phosphoric ester groups is 2. The summed E-state index contributed by atoms with van der Waals surface area (Å²) in [7, 11) is -9.92. The quantitative estimate of drug-likeness (QED) is 0.0169. The predicted molar refractivity (Wildman–Crippen MR) is 377 cm³/mol. The molecule has 0 rings (SSSR count). The van der Waals surface area contributed by atoms with Crippen molar-refractivity contribution in [1.29, 1.82) is 0 Å². The second kappa shape index (κ2) is 64.2. The minimum atomic E-state index is -4.96. The third-order valence-corrected chi connectivity index (χ3v) is 19.1. The molecule has 0 saturated carbocycles. The van der Waals surface area contributed by atoms with Gasteiger partial charge in [0.15, 0.2) is 12.2 Å². The van der Waals surface area contributed by atoms with Gasteiger partial charge in [-0.3, -0.25) is 37.3 Å². The van der Waals surface area contributed by atoms with Gasteiger partial charge in [0.25, 0.3) is 0 Å². The third-order valence-electron chi connectivity index (χ3n) is 17.2. The van der Waals surface area contributed by atoms with E-state index in [4.69, 9.17) is 37.0 Å². The number of esters is 4. The van der Waals surface area contributed by atoms with Gasteiger partial charge in [-0.1, -0.05) is 297 Å². The van der Waals surface area contributed by atoms with E-state index in [0.29, 0.717) is 25.7 Å². The van der Waals surface area contributed by atoms with Crippen LogP contribution in [0.3, 0.4) is 0 Å². The first-order chi connectivity index (χ1) is 44.8. The van der Waals surface area contributed by atoms with Crippen LogP contribution in [0.15, 0.2) is 24.3 Å². The Hall–Kier alpha value is -2.46. The number of carbonyl (C=O) groups excluding carboxylic acids is 4. The second-order valence-electron chi connectivity index (χ2n) is 27.0. The van der Waals surface area contributed by atoms with Crippen molar-refractivity contribution in [2.24, 2.45) is 17.8 Å². The highest BCUT2D eigenvalue weighted by atomic mass is 31.2. The van der Waals surface area contributed by atoms with Gasteiger partial charge >= 0.3 is 39.5 Å². The SMILES string of the molecule is CCCCCC/C=C\C=C/CCCCCCCC(=O)O[C@H](COC(=O)CCCCCCCCC(C)CC)COP(=O)(O)OC[C@H](O)COP(=O)(O)OC[C@@H](COC(=O)CCCCCCCCCCCCCC(C)C)OC(=O)CCCCCCCCCCCCC(C)CC. The Bertz CT molecular complexity index is 1920. The van der Waals surface area contributed by atoms with E-state index in [2.05, 4.69) is 72.8 Å². The third kappa shape index (κ3) is 65.3. The molecular formula is C74H140O17P2. The summed E-state index contributed by atoms with van der Waals surface area (Å²) in [5.74, 6) is 0.146. The topological polar surface area (TPSA) is 237 Å². The summed E-state index contributed by atoms with van der Waals surface area (Å²) in [6.07, 6.45) is 52.0. The fourth-order valence-electron chi connectivity index (χ4n) is 10.6. The second-order valence-corrected chi connectivity index (χ2v) is 29.9. The summed E-state index contributed by atoms with van der Waals surface area (Å²) in [5, 5.41) is 10.6. The molecule has 19 heteroatoms. The molecule has 548 valence electrons. The standard InChI is InChI=1S/C74H140O17P2/c1-8-11-12-13-14-15-16-17-18-19-22-29-34-43-50-57-73(78)91-70(62-85-72(77)56-49-42-37-36-40-47-54-67(7)10-3)64-89-93(82,83)87-60-68(75)59-86-92(80,81)88-63-69(90-74(79)58-51-44-35-30-25-24-27-32-39-46-53-66(6)9-2)61-84-71(76)55-48-41-33-28-23-20-21-26-31-38-45-52-65(4)5/h15-18,65-70,75H,8-14,19-64H2,1-7H3,(H,80,81)(H,82,83)/b16-15-,18-17-/t66?,67?,68-,69-,70-/m1/s1. The molecule has 0 aromatic heterocycles. The molecule has 0 aromatic rings. The lowest BCUT2D eigenvalue weighted by atomic mass is 9.99. The summed E-state index contributed by atoms with van der Waals surface area (Å²) >= 11 is 0. The lowest BCUT2D eigenvalue weighted by molar-refractivity contribution is -0.161. The van der Waals surface area contributed by atoms with Crippen LogP contribution in [0.4, 0.5) is 0 Å². The fourth-order valence-corrected chi connectivity index (χ4v) is 12.2. The number of unbranched alkanes of at least 4 members (excludes halogenated alkanes) is 33. The van der Waals surface area contributed by atoms with Crippen molar-refractivity contribution in [3.63, 3.8) is 0 Å². The van der Waals surface area contributed by atoms with Crippen LogP contribution < -0.4 is 0 Å². The van der Waals surface area contributed by atoms with Gasteiger partial charge in [0.05, 0.1) is 26.4 Å². The molecule has 4 unspecified atom stereocenters. The van der Waals surface area contributed by atoms with Crippen molar-refractivity contribution in [3.05, 3.63) is 24.3 Å². The number of hydrogen-bond acceptors (Lipinski definition) is 15. The number of ether oxygens (including phenoxy) is 4. The van der Waals surface area contributed by atoms with Crippen LogP contribution in [0.25, 0.3) is 0 Å². The van der Waals surface area contributed by atoms with Crippen LogP contribution in [-0.2, 0) is 65.4 Å². The summed E-state index contributed by atoms with van der Waals surface area (Å²) in [5.41, 5.74) is 0. The Labute approximate surface area is 567 Å². The smallest absolute Gasteiger partial charge is 0.462 e. The van der Waals surface area contributed by atoms with Gasteiger partial charge in [0, 0.05) is 25.7 Å². The molecule has 0 aliphatic heterocycles. The Morgan fingerprint density at radius 2 is 0.634 bits per heavy atom. The highest BCUT2D eigenvalue weighted by molar-refractivity contribution is 7.47. The average Bonchev–Trinajstić information content (AvgIpc) is 2.87. The maximum absolute atomic E-state index is 13.1. The highest BCUT2D eigenvalue weighted by Gasteiger charge is 2.30.